The van der Waals surface area contributed by atoms with Crippen LogP contribution in [0.1, 0.15) is 39.2 Å². The van der Waals surface area contributed by atoms with Gasteiger partial charge in [0.2, 0.25) is 0 Å². The monoisotopic (exact) mass is 247 g/mol. The second-order valence-corrected chi connectivity index (χ2v) is 4.80. The number of aryl methyl sites for hydroxylation is 1. The van der Waals surface area contributed by atoms with Gasteiger partial charge in [0.15, 0.2) is 0 Å². The summed E-state index contributed by atoms with van der Waals surface area (Å²) in [5.41, 5.74) is 4.51. The number of thiazole rings is 1. The van der Waals surface area contributed by atoms with Crippen LogP contribution in [0, 0.1) is 0 Å². The van der Waals surface area contributed by atoms with Crippen molar-refractivity contribution in [2.24, 2.45) is 0 Å². The Balaban J connectivity index is 0.000000317. The minimum atomic E-state index is 1.10. The molecular formula is C15H21NS. The van der Waals surface area contributed by atoms with E-state index in [9.17, 15) is 0 Å². The van der Waals surface area contributed by atoms with Gasteiger partial charge < -0.3 is 0 Å². The lowest BCUT2D eigenvalue weighted by atomic mass is 10.1. The van der Waals surface area contributed by atoms with Crippen molar-refractivity contribution in [2.45, 2.75) is 40.0 Å². The van der Waals surface area contributed by atoms with Gasteiger partial charge in [0.05, 0.1) is 10.4 Å². The van der Waals surface area contributed by atoms with Crippen LogP contribution in [-0.4, -0.2) is 4.98 Å². The molecule has 0 aliphatic carbocycles. The van der Waals surface area contributed by atoms with E-state index in [1.807, 2.05) is 11.7 Å². The van der Waals surface area contributed by atoms with Crippen LogP contribution in [0.25, 0.3) is 10.4 Å². The van der Waals surface area contributed by atoms with Crippen LogP contribution in [0.4, 0.5) is 0 Å². The second kappa shape index (κ2) is 8.02. The Morgan fingerprint density at radius 2 is 1.65 bits per heavy atom. The summed E-state index contributed by atoms with van der Waals surface area (Å²) in [7, 11) is 0. The lowest BCUT2D eigenvalue weighted by molar-refractivity contribution is 0.886. The van der Waals surface area contributed by atoms with E-state index in [4.69, 9.17) is 0 Å². The summed E-state index contributed by atoms with van der Waals surface area (Å²) in [4.78, 5) is 5.30. The molecule has 2 rings (SSSR count). The van der Waals surface area contributed by atoms with Crippen molar-refractivity contribution in [3.8, 4) is 10.4 Å². The van der Waals surface area contributed by atoms with Gasteiger partial charge in [-0.3, -0.25) is 4.98 Å². The zero-order valence-corrected chi connectivity index (χ0v) is 11.8. The molecule has 2 heteroatoms. The van der Waals surface area contributed by atoms with Gasteiger partial charge in [-0.15, -0.1) is 11.3 Å². The molecule has 0 aliphatic heterocycles. The summed E-state index contributed by atoms with van der Waals surface area (Å²) in [6.07, 6.45) is 5.65. The molecule has 0 bridgehead atoms. The van der Waals surface area contributed by atoms with Crippen molar-refractivity contribution in [3.05, 3.63) is 41.5 Å². The molecule has 0 spiro atoms. The summed E-state index contributed by atoms with van der Waals surface area (Å²) in [5.74, 6) is 0. The Kier molecular flexibility index (Phi) is 6.56. The van der Waals surface area contributed by atoms with Crippen LogP contribution in [-0.2, 0) is 6.42 Å². The fourth-order valence-electron chi connectivity index (χ4n) is 1.26. The standard InChI is InChI=1S/C11H11NS.C4H10/c1-2-9-3-5-10(6-4-9)11-7-12-8-13-11;1-3-4-2/h3-8H,2H2,1H3;3-4H2,1-2H3. The molecule has 1 nitrogen and oxygen atoms in total. The summed E-state index contributed by atoms with van der Waals surface area (Å²) in [6, 6.07) is 8.67. The summed E-state index contributed by atoms with van der Waals surface area (Å²) >= 11 is 1.68. The first-order chi connectivity index (χ1) is 8.31. The molecule has 17 heavy (non-hydrogen) atoms. The van der Waals surface area contributed by atoms with E-state index in [0.717, 1.165) is 6.42 Å². The molecule has 0 amide bonds. The van der Waals surface area contributed by atoms with Gasteiger partial charge in [0.1, 0.15) is 0 Å². The molecule has 1 heterocycles. The first kappa shape index (κ1) is 13.9. The smallest absolute Gasteiger partial charge is 0.0797 e. The topological polar surface area (TPSA) is 12.9 Å². The number of benzene rings is 1. The number of hydrogen-bond acceptors (Lipinski definition) is 2. The molecular weight excluding hydrogens is 226 g/mol. The molecule has 1 aromatic carbocycles. The number of nitrogens with zero attached hydrogens (tertiary/aromatic N) is 1. The van der Waals surface area contributed by atoms with Gasteiger partial charge in [-0.25, -0.2) is 0 Å². The van der Waals surface area contributed by atoms with Gasteiger partial charge in [-0.1, -0.05) is 57.9 Å². The predicted molar refractivity (Wildman–Crippen MR) is 77.5 cm³/mol. The number of unbranched alkanes of at least 4 members (excludes halogenated alkanes) is 1. The first-order valence-electron chi connectivity index (χ1n) is 6.29. The van der Waals surface area contributed by atoms with Gasteiger partial charge in [0.25, 0.3) is 0 Å². The average Bonchev–Trinajstić information content (AvgIpc) is 2.93. The fourth-order valence-corrected chi connectivity index (χ4v) is 1.89. The van der Waals surface area contributed by atoms with Crippen LogP contribution in [0.2, 0.25) is 0 Å². The Morgan fingerprint density at radius 1 is 1.00 bits per heavy atom. The van der Waals surface area contributed by atoms with E-state index >= 15 is 0 Å². The highest BCUT2D eigenvalue weighted by molar-refractivity contribution is 7.13. The van der Waals surface area contributed by atoms with E-state index in [1.54, 1.807) is 11.3 Å². The fraction of sp³-hybridized carbons (Fsp3) is 0.400. The van der Waals surface area contributed by atoms with Crippen molar-refractivity contribution in [3.63, 3.8) is 0 Å². The normalized spacial score (nSPS) is 9.59. The molecule has 0 aliphatic rings. The van der Waals surface area contributed by atoms with Crippen LogP contribution < -0.4 is 0 Å². The van der Waals surface area contributed by atoms with Crippen LogP contribution >= 0.6 is 11.3 Å². The van der Waals surface area contributed by atoms with Crippen molar-refractivity contribution in [2.75, 3.05) is 0 Å². The number of hydrogen-bond donors (Lipinski definition) is 0. The van der Waals surface area contributed by atoms with Gasteiger partial charge in [-0.05, 0) is 17.5 Å². The molecule has 0 saturated carbocycles. The van der Waals surface area contributed by atoms with Crippen LogP contribution in [0.5, 0.6) is 0 Å². The summed E-state index contributed by atoms with van der Waals surface area (Å²) in [6.45, 7) is 6.53. The highest BCUT2D eigenvalue weighted by Crippen LogP contribution is 2.23. The Morgan fingerprint density at radius 3 is 2.06 bits per heavy atom. The minimum Gasteiger partial charge on any atom is -0.252 e. The molecule has 0 radical (unpaired) electrons. The Hall–Kier alpha value is -1.15. The molecule has 0 fully saturated rings. The lowest BCUT2D eigenvalue weighted by Gasteiger charge is -1.98. The third kappa shape index (κ3) is 4.70. The van der Waals surface area contributed by atoms with E-state index in [1.165, 1.54) is 28.8 Å². The molecule has 92 valence electrons. The zero-order valence-electron chi connectivity index (χ0n) is 10.9. The Labute approximate surface area is 109 Å². The summed E-state index contributed by atoms with van der Waals surface area (Å²) < 4.78 is 0. The number of aromatic nitrogens is 1. The van der Waals surface area contributed by atoms with E-state index in [-0.39, 0.29) is 0 Å². The van der Waals surface area contributed by atoms with Crippen molar-refractivity contribution in [1.82, 2.24) is 4.98 Å². The average molecular weight is 247 g/mol. The highest BCUT2D eigenvalue weighted by atomic mass is 32.1. The highest BCUT2D eigenvalue weighted by Gasteiger charge is 1.97. The van der Waals surface area contributed by atoms with Crippen molar-refractivity contribution in [1.29, 1.82) is 0 Å². The minimum absolute atomic E-state index is 1.10. The maximum absolute atomic E-state index is 4.06. The largest absolute Gasteiger partial charge is 0.252 e. The lowest BCUT2D eigenvalue weighted by Crippen LogP contribution is -1.78. The molecule has 0 unspecified atom stereocenters. The SMILES string of the molecule is CCCC.CCc1ccc(-c2cncs2)cc1. The third-order valence-electron chi connectivity index (χ3n) is 2.58. The Bertz CT molecular complexity index is 387. The maximum Gasteiger partial charge on any atom is 0.0797 e. The molecule has 2 aromatic rings. The van der Waals surface area contributed by atoms with E-state index < -0.39 is 0 Å². The first-order valence-corrected chi connectivity index (χ1v) is 7.17. The summed E-state index contributed by atoms with van der Waals surface area (Å²) in [5, 5.41) is 0. The van der Waals surface area contributed by atoms with E-state index in [0.29, 0.717) is 0 Å². The van der Waals surface area contributed by atoms with Crippen LogP contribution in [0.3, 0.4) is 0 Å². The zero-order chi connectivity index (χ0) is 12.5. The van der Waals surface area contributed by atoms with Crippen molar-refractivity contribution < 1.29 is 0 Å². The van der Waals surface area contributed by atoms with Gasteiger partial charge in [0, 0.05) is 6.20 Å². The molecule has 0 atom stereocenters. The van der Waals surface area contributed by atoms with Crippen LogP contribution in [0.15, 0.2) is 36.0 Å². The number of rotatable bonds is 3. The van der Waals surface area contributed by atoms with Gasteiger partial charge in [-0.2, -0.15) is 0 Å². The van der Waals surface area contributed by atoms with E-state index in [2.05, 4.69) is 50.0 Å². The quantitative estimate of drug-likeness (QED) is 0.728. The predicted octanol–water partition coefficient (Wildman–Crippen LogP) is 5.18. The molecule has 0 N–H and O–H groups in total. The molecule has 1 aromatic heterocycles. The second-order valence-electron chi connectivity index (χ2n) is 3.92. The third-order valence-corrected chi connectivity index (χ3v) is 3.40. The maximum atomic E-state index is 4.06. The van der Waals surface area contributed by atoms with Crippen molar-refractivity contribution >= 4 is 11.3 Å². The molecule has 0 saturated heterocycles. The van der Waals surface area contributed by atoms with Gasteiger partial charge >= 0.3 is 0 Å².